The molecule has 17 heavy (non-hydrogen) atoms. The normalized spacial score (nSPS) is 14.1. The highest BCUT2D eigenvalue weighted by atomic mass is 16.6. The largest absolute Gasteiger partial charge is 0.502 e. The van der Waals surface area contributed by atoms with Crippen LogP contribution in [0.1, 0.15) is 23.1 Å². The number of ether oxygens (including phenoxy) is 1. The van der Waals surface area contributed by atoms with E-state index in [0.29, 0.717) is 16.7 Å². The van der Waals surface area contributed by atoms with Crippen molar-refractivity contribution in [3.63, 3.8) is 0 Å². The highest BCUT2D eigenvalue weighted by molar-refractivity contribution is 5.79. The van der Waals surface area contributed by atoms with Crippen LogP contribution in [-0.4, -0.2) is 16.0 Å². The van der Waals surface area contributed by atoms with Gasteiger partial charge in [0.25, 0.3) is 0 Å². The summed E-state index contributed by atoms with van der Waals surface area (Å²) in [7, 11) is 0. The van der Waals surface area contributed by atoms with E-state index in [0.717, 1.165) is 0 Å². The van der Waals surface area contributed by atoms with Gasteiger partial charge in [0, 0.05) is 5.56 Å². The van der Waals surface area contributed by atoms with Crippen LogP contribution in [0.3, 0.4) is 0 Å². The summed E-state index contributed by atoms with van der Waals surface area (Å²) in [5.74, 6) is -0.521. The number of aromatic hydroxyl groups is 1. The lowest BCUT2D eigenvalue weighted by Gasteiger charge is -2.19. The second-order valence-corrected chi connectivity index (χ2v) is 3.99. The molecule has 6 heteroatoms. The zero-order valence-electron chi connectivity index (χ0n) is 9.44. The fraction of sp³-hybridized carbons (Fsp3) is 0.364. The molecular formula is C11H11NO5. The Bertz CT molecular complexity index is 535. The van der Waals surface area contributed by atoms with E-state index in [-0.39, 0.29) is 30.0 Å². The number of hydrogen-bond donors (Lipinski definition) is 1. The van der Waals surface area contributed by atoms with E-state index < -0.39 is 10.9 Å². The number of benzene rings is 1. The smallest absolute Gasteiger partial charge is 0.317 e. The lowest BCUT2D eigenvalue weighted by atomic mass is 9.96. The fourth-order valence-corrected chi connectivity index (χ4v) is 1.96. The summed E-state index contributed by atoms with van der Waals surface area (Å²) in [6.45, 7) is 3.22. The number of carbonyl (C=O) groups is 1. The highest BCUT2D eigenvalue weighted by Crippen LogP contribution is 2.44. The first-order chi connectivity index (χ1) is 7.93. The SMILES string of the molecule is Cc1c(C)c2c(c([N+](=O)[O-])c1O)CCC(=O)O2. The summed E-state index contributed by atoms with van der Waals surface area (Å²) in [5.41, 5.74) is 0.882. The van der Waals surface area contributed by atoms with E-state index in [1.54, 1.807) is 13.8 Å². The Balaban J connectivity index is 2.78. The van der Waals surface area contributed by atoms with Gasteiger partial charge in [-0.05, 0) is 25.8 Å². The number of fused-ring (bicyclic) bond motifs is 1. The molecule has 0 bridgehead atoms. The Morgan fingerprint density at radius 3 is 2.53 bits per heavy atom. The average Bonchev–Trinajstić information content (AvgIpc) is 2.27. The number of rotatable bonds is 1. The molecule has 0 aromatic heterocycles. The molecule has 2 rings (SSSR count). The van der Waals surface area contributed by atoms with Crippen LogP contribution in [0.2, 0.25) is 0 Å². The molecule has 0 unspecified atom stereocenters. The van der Waals surface area contributed by atoms with Crippen LogP contribution in [-0.2, 0) is 11.2 Å². The number of nitro benzene ring substituents is 1. The van der Waals surface area contributed by atoms with Gasteiger partial charge in [-0.15, -0.1) is 0 Å². The van der Waals surface area contributed by atoms with Crippen LogP contribution in [0.4, 0.5) is 5.69 Å². The molecule has 1 aromatic rings. The van der Waals surface area contributed by atoms with Crippen LogP contribution >= 0.6 is 0 Å². The monoisotopic (exact) mass is 237 g/mol. The van der Waals surface area contributed by atoms with Gasteiger partial charge in [-0.3, -0.25) is 14.9 Å². The van der Waals surface area contributed by atoms with Gasteiger partial charge in [-0.2, -0.15) is 0 Å². The van der Waals surface area contributed by atoms with Crippen molar-refractivity contribution in [3.05, 3.63) is 26.8 Å². The van der Waals surface area contributed by atoms with Gasteiger partial charge in [0.1, 0.15) is 5.75 Å². The molecule has 0 saturated carbocycles. The van der Waals surface area contributed by atoms with Crippen molar-refractivity contribution in [1.82, 2.24) is 0 Å². The maximum Gasteiger partial charge on any atom is 0.317 e. The van der Waals surface area contributed by atoms with E-state index in [1.807, 2.05) is 0 Å². The molecule has 6 nitrogen and oxygen atoms in total. The summed E-state index contributed by atoms with van der Waals surface area (Å²) in [4.78, 5) is 21.5. The number of phenols is 1. The first kappa shape index (κ1) is 11.4. The van der Waals surface area contributed by atoms with Crippen molar-refractivity contribution >= 4 is 11.7 Å². The minimum absolute atomic E-state index is 0.0930. The lowest BCUT2D eigenvalue weighted by molar-refractivity contribution is -0.386. The fourth-order valence-electron chi connectivity index (χ4n) is 1.96. The third-order valence-corrected chi connectivity index (χ3v) is 3.02. The Hall–Kier alpha value is -2.11. The zero-order chi connectivity index (χ0) is 12.7. The molecule has 0 fully saturated rings. The van der Waals surface area contributed by atoms with Crippen molar-refractivity contribution in [1.29, 1.82) is 0 Å². The van der Waals surface area contributed by atoms with E-state index in [4.69, 9.17) is 4.74 Å². The number of phenolic OH excluding ortho intramolecular Hbond substituents is 1. The molecule has 90 valence electrons. The number of nitro groups is 1. The molecule has 1 N–H and O–H groups in total. The van der Waals surface area contributed by atoms with E-state index in [1.165, 1.54) is 0 Å². The summed E-state index contributed by atoms with van der Waals surface area (Å²) in [5, 5.41) is 20.7. The first-order valence-corrected chi connectivity index (χ1v) is 5.13. The van der Waals surface area contributed by atoms with Crippen LogP contribution < -0.4 is 4.74 Å². The minimum atomic E-state index is -0.639. The number of carbonyl (C=O) groups excluding carboxylic acids is 1. The average molecular weight is 237 g/mol. The molecule has 0 amide bonds. The molecule has 0 spiro atoms. The van der Waals surface area contributed by atoms with Gasteiger partial charge in [-0.1, -0.05) is 0 Å². The minimum Gasteiger partial charge on any atom is -0.502 e. The van der Waals surface area contributed by atoms with Gasteiger partial charge < -0.3 is 9.84 Å². The number of esters is 1. The van der Waals surface area contributed by atoms with Crippen molar-refractivity contribution in [2.45, 2.75) is 26.7 Å². The van der Waals surface area contributed by atoms with Gasteiger partial charge >= 0.3 is 11.7 Å². The van der Waals surface area contributed by atoms with Crippen LogP contribution in [0.15, 0.2) is 0 Å². The van der Waals surface area contributed by atoms with Crippen molar-refractivity contribution < 1.29 is 19.6 Å². The molecule has 1 aromatic carbocycles. The van der Waals surface area contributed by atoms with E-state index in [2.05, 4.69) is 0 Å². The zero-order valence-corrected chi connectivity index (χ0v) is 9.44. The van der Waals surface area contributed by atoms with Gasteiger partial charge in [0.15, 0.2) is 5.75 Å². The highest BCUT2D eigenvalue weighted by Gasteiger charge is 2.32. The predicted octanol–water partition coefficient (Wildman–Crippen LogP) is 1.77. The summed E-state index contributed by atoms with van der Waals surface area (Å²) in [6, 6.07) is 0. The van der Waals surface area contributed by atoms with Crippen LogP contribution in [0.5, 0.6) is 11.5 Å². The van der Waals surface area contributed by atoms with Crippen LogP contribution in [0.25, 0.3) is 0 Å². The summed E-state index contributed by atoms with van der Waals surface area (Å²) < 4.78 is 5.03. The summed E-state index contributed by atoms with van der Waals surface area (Å²) in [6.07, 6.45) is 0.314. The van der Waals surface area contributed by atoms with Crippen molar-refractivity contribution in [2.24, 2.45) is 0 Å². The van der Waals surface area contributed by atoms with E-state index >= 15 is 0 Å². The maximum absolute atomic E-state index is 11.2. The second kappa shape index (κ2) is 3.73. The van der Waals surface area contributed by atoms with Gasteiger partial charge in [0.05, 0.1) is 16.9 Å². The number of hydrogen-bond acceptors (Lipinski definition) is 5. The van der Waals surface area contributed by atoms with E-state index in [9.17, 15) is 20.0 Å². The quantitative estimate of drug-likeness (QED) is 0.348. The molecule has 0 saturated heterocycles. The standard InChI is InChI=1S/C11H11NO5/c1-5-6(2)11-7(3-4-8(13)17-11)9(10(5)14)12(15)16/h14H,3-4H2,1-2H3. The third-order valence-electron chi connectivity index (χ3n) is 3.02. The molecule has 0 aliphatic carbocycles. The van der Waals surface area contributed by atoms with Gasteiger partial charge in [-0.25, -0.2) is 0 Å². The Kier molecular flexibility index (Phi) is 2.49. The molecule has 0 atom stereocenters. The van der Waals surface area contributed by atoms with Crippen LogP contribution in [0, 0.1) is 24.0 Å². The topological polar surface area (TPSA) is 89.7 Å². The lowest BCUT2D eigenvalue weighted by Crippen LogP contribution is -2.18. The number of nitrogens with zero attached hydrogens (tertiary/aromatic N) is 1. The third kappa shape index (κ3) is 1.61. The molecular weight excluding hydrogens is 226 g/mol. The molecule has 1 aliphatic heterocycles. The second-order valence-electron chi connectivity index (χ2n) is 3.99. The van der Waals surface area contributed by atoms with Crippen molar-refractivity contribution in [2.75, 3.05) is 0 Å². The molecule has 1 aliphatic rings. The molecule has 0 radical (unpaired) electrons. The van der Waals surface area contributed by atoms with Crippen molar-refractivity contribution in [3.8, 4) is 11.5 Å². The Labute approximate surface area is 97.0 Å². The maximum atomic E-state index is 11.2. The first-order valence-electron chi connectivity index (χ1n) is 5.13. The molecule has 1 heterocycles. The Morgan fingerprint density at radius 1 is 1.29 bits per heavy atom. The predicted molar refractivity (Wildman–Crippen MR) is 58.2 cm³/mol. The van der Waals surface area contributed by atoms with Gasteiger partial charge in [0.2, 0.25) is 0 Å². The summed E-state index contributed by atoms with van der Waals surface area (Å²) >= 11 is 0. The Morgan fingerprint density at radius 2 is 1.94 bits per heavy atom.